The first kappa shape index (κ1) is 32.4. The summed E-state index contributed by atoms with van der Waals surface area (Å²) in [5.41, 5.74) is 4.17. The Bertz CT molecular complexity index is 1530. The first-order chi connectivity index (χ1) is 20.1. The second kappa shape index (κ2) is 14.3. The van der Waals surface area contributed by atoms with Crippen LogP contribution in [0.4, 0.5) is 8.78 Å². The summed E-state index contributed by atoms with van der Waals surface area (Å²) in [6, 6.07) is 16.4. The molecule has 222 valence electrons. The zero-order valence-electron chi connectivity index (χ0n) is 23.8. The Kier molecular flexibility index (Phi) is 11.0. The van der Waals surface area contributed by atoms with Crippen LogP contribution in [-0.4, -0.2) is 13.2 Å². The van der Waals surface area contributed by atoms with Crippen LogP contribution in [0.15, 0.2) is 60.7 Å². The highest BCUT2D eigenvalue weighted by Gasteiger charge is 2.27. The number of benzene rings is 4. The van der Waals surface area contributed by atoms with Crippen LogP contribution >= 0.6 is 46.4 Å². The summed E-state index contributed by atoms with van der Waals surface area (Å²) in [6.45, 7) is 6.30. The van der Waals surface area contributed by atoms with Crippen molar-refractivity contribution in [1.29, 1.82) is 0 Å². The average Bonchev–Trinajstić information content (AvgIpc) is 3.36. The minimum atomic E-state index is -0.315. The molecule has 0 aliphatic carbocycles. The maximum Gasteiger partial charge on any atom is 0.131 e. The molecule has 4 aromatic rings. The van der Waals surface area contributed by atoms with E-state index in [1.807, 2.05) is 0 Å². The van der Waals surface area contributed by atoms with Crippen molar-refractivity contribution in [3.05, 3.63) is 104 Å². The summed E-state index contributed by atoms with van der Waals surface area (Å²) in [5.74, 6) is 1.16. The monoisotopic (exact) mass is 650 g/mol. The Labute approximate surface area is 266 Å². The van der Waals surface area contributed by atoms with Crippen LogP contribution in [0.3, 0.4) is 0 Å². The van der Waals surface area contributed by atoms with Gasteiger partial charge in [0, 0.05) is 34.2 Å². The fraction of sp³-hybridized carbons (Fsp3) is 0.294. The summed E-state index contributed by atoms with van der Waals surface area (Å²) < 4.78 is 39.4. The second-order valence-electron chi connectivity index (χ2n) is 10.4. The maximum atomic E-state index is 14.1. The number of rotatable bonds is 7. The summed E-state index contributed by atoms with van der Waals surface area (Å²) in [4.78, 5) is 0. The third-order valence-corrected chi connectivity index (χ3v) is 8.64. The van der Waals surface area contributed by atoms with Gasteiger partial charge >= 0.3 is 0 Å². The molecule has 0 radical (unpaired) electrons. The van der Waals surface area contributed by atoms with E-state index in [4.69, 9.17) is 55.9 Å². The fourth-order valence-electron chi connectivity index (χ4n) is 5.07. The van der Waals surface area contributed by atoms with E-state index in [2.05, 4.69) is 20.8 Å². The van der Waals surface area contributed by atoms with E-state index in [-0.39, 0.29) is 17.7 Å². The zero-order valence-corrected chi connectivity index (χ0v) is 26.9. The zero-order chi connectivity index (χ0) is 30.6. The van der Waals surface area contributed by atoms with Crippen molar-refractivity contribution >= 4 is 46.4 Å². The third kappa shape index (κ3) is 7.17. The van der Waals surface area contributed by atoms with Crippen molar-refractivity contribution in [3.63, 3.8) is 0 Å². The largest absolute Gasteiger partial charge is 0.496 e. The molecule has 1 heterocycles. The molecule has 0 fully saturated rings. The standard InChI is InChI=1S/C18H19Cl2FO.C16H13Cl2FO/c1-4-11(2)8-12-9-13(21)10-14(18(12)22-3)17-15(19)6-5-7-16(17)20;1-2-11-7-9-6-10(19)8-12(16(9)20-11)15-13(17)4-3-5-14(15)18/h5-7,9-11H,4,8H2,1-3H3;3-6,8,11H,2,7H2,1H3/t2*11-/m10/s1. The van der Waals surface area contributed by atoms with Crippen molar-refractivity contribution in [2.75, 3.05) is 7.11 Å². The molecule has 0 amide bonds. The van der Waals surface area contributed by atoms with E-state index in [9.17, 15) is 8.78 Å². The summed E-state index contributed by atoms with van der Waals surface area (Å²) in [7, 11) is 1.58. The fourth-order valence-corrected chi connectivity index (χ4v) is 6.27. The van der Waals surface area contributed by atoms with Crippen molar-refractivity contribution in [2.45, 2.75) is 52.6 Å². The molecule has 0 saturated carbocycles. The minimum absolute atomic E-state index is 0.0896. The van der Waals surface area contributed by atoms with Gasteiger partial charge in [-0.15, -0.1) is 0 Å². The Morgan fingerprint density at radius 1 is 0.833 bits per heavy atom. The number of fused-ring (bicyclic) bond motifs is 1. The molecular weight excluding hydrogens is 620 g/mol. The third-order valence-electron chi connectivity index (χ3n) is 7.38. The average molecular weight is 652 g/mol. The predicted octanol–water partition coefficient (Wildman–Crippen LogP) is 11.9. The second-order valence-corrected chi connectivity index (χ2v) is 12.0. The Morgan fingerprint density at radius 2 is 1.36 bits per heavy atom. The van der Waals surface area contributed by atoms with Gasteiger partial charge in [0.05, 0.1) is 27.2 Å². The molecule has 8 heteroatoms. The van der Waals surface area contributed by atoms with Gasteiger partial charge in [-0.2, -0.15) is 0 Å². The molecule has 2 nitrogen and oxygen atoms in total. The Balaban J connectivity index is 0.000000193. The van der Waals surface area contributed by atoms with Gasteiger partial charge < -0.3 is 9.47 Å². The predicted molar refractivity (Wildman–Crippen MR) is 172 cm³/mol. The first-order valence-electron chi connectivity index (χ1n) is 13.8. The van der Waals surface area contributed by atoms with Crippen LogP contribution in [0.25, 0.3) is 22.3 Å². The van der Waals surface area contributed by atoms with Gasteiger partial charge in [0.2, 0.25) is 0 Å². The molecule has 2 atom stereocenters. The summed E-state index contributed by atoms with van der Waals surface area (Å²) in [6.07, 6.45) is 3.45. The maximum absolute atomic E-state index is 14.1. The lowest BCUT2D eigenvalue weighted by Crippen LogP contribution is -2.10. The molecule has 0 N–H and O–H groups in total. The van der Waals surface area contributed by atoms with E-state index >= 15 is 0 Å². The number of hydrogen-bond donors (Lipinski definition) is 0. The van der Waals surface area contributed by atoms with Gasteiger partial charge in [-0.05, 0) is 72.9 Å². The van der Waals surface area contributed by atoms with Gasteiger partial charge in [-0.3, -0.25) is 0 Å². The molecule has 1 aliphatic rings. The topological polar surface area (TPSA) is 18.5 Å². The molecule has 0 unspecified atom stereocenters. The van der Waals surface area contributed by atoms with Crippen LogP contribution in [-0.2, 0) is 12.8 Å². The van der Waals surface area contributed by atoms with E-state index in [1.54, 1.807) is 43.5 Å². The van der Waals surface area contributed by atoms with Crippen molar-refractivity contribution in [1.82, 2.24) is 0 Å². The normalized spacial score (nSPS) is 14.5. The number of methoxy groups -OCH3 is 1. The number of hydrogen-bond acceptors (Lipinski definition) is 2. The minimum Gasteiger partial charge on any atom is -0.496 e. The van der Waals surface area contributed by atoms with Gasteiger partial charge in [0.1, 0.15) is 29.2 Å². The molecular formula is C34H32Cl4F2O2. The van der Waals surface area contributed by atoms with Crippen LogP contribution in [0.1, 0.15) is 44.7 Å². The van der Waals surface area contributed by atoms with Crippen LogP contribution in [0.5, 0.6) is 11.5 Å². The lowest BCUT2D eigenvalue weighted by molar-refractivity contribution is 0.229. The van der Waals surface area contributed by atoms with E-state index in [0.717, 1.165) is 36.8 Å². The molecule has 5 rings (SSSR count). The summed E-state index contributed by atoms with van der Waals surface area (Å²) >= 11 is 25.0. The first-order valence-corrected chi connectivity index (χ1v) is 15.3. The number of ether oxygens (including phenoxy) is 2. The number of halogens is 6. The van der Waals surface area contributed by atoms with Crippen LogP contribution < -0.4 is 9.47 Å². The quantitative estimate of drug-likeness (QED) is 0.198. The van der Waals surface area contributed by atoms with Crippen molar-refractivity contribution in [3.8, 4) is 33.8 Å². The van der Waals surface area contributed by atoms with Gasteiger partial charge in [-0.25, -0.2) is 8.78 Å². The van der Waals surface area contributed by atoms with Crippen LogP contribution in [0.2, 0.25) is 20.1 Å². The summed E-state index contributed by atoms with van der Waals surface area (Å²) in [5, 5.41) is 1.94. The Hall–Kier alpha value is -2.50. The van der Waals surface area contributed by atoms with Gasteiger partial charge in [-0.1, -0.05) is 85.7 Å². The van der Waals surface area contributed by atoms with Crippen molar-refractivity contribution in [2.24, 2.45) is 5.92 Å². The molecule has 42 heavy (non-hydrogen) atoms. The highest BCUT2D eigenvalue weighted by Crippen LogP contribution is 2.45. The molecule has 4 aromatic carbocycles. The lowest BCUT2D eigenvalue weighted by atomic mass is 9.94. The molecule has 0 saturated heterocycles. The van der Waals surface area contributed by atoms with E-state index in [1.165, 1.54) is 24.3 Å². The molecule has 1 aliphatic heterocycles. The van der Waals surface area contributed by atoms with E-state index < -0.39 is 0 Å². The Morgan fingerprint density at radius 3 is 1.88 bits per heavy atom. The van der Waals surface area contributed by atoms with E-state index in [0.29, 0.717) is 59.8 Å². The smallest absolute Gasteiger partial charge is 0.131 e. The highest BCUT2D eigenvalue weighted by molar-refractivity contribution is 6.40. The SMILES string of the molecule is CC[C@@H](C)Cc1cc(F)cc(-c2c(Cl)cccc2Cl)c1OC.CC[C@H]1Cc2cc(F)cc(-c3c(Cl)cccc3Cl)c2O1. The molecule has 0 aromatic heterocycles. The highest BCUT2D eigenvalue weighted by atomic mass is 35.5. The molecule has 0 spiro atoms. The lowest BCUT2D eigenvalue weighted by Gasteiger charge is -2.18. The van der Waals surface area contributed by atoms with Crippen molar-refractivity contribution < 1.29 is 18.3 Å². The van der Waals surface area contributed by atoms with Gasteiger partial charge in [0.25, 0.3) is 0 Å². The molecule has 0 bridgehead atoms. The van der Waals surface area contributed by atoms with Gasteiger partial charge in [0.15, 0.2) is 0 Å². The van der Waals surface area contributed by atoms with Crippen LogP contribution in [0, 0.1) is 17.6 Å².